The Morgan fingerprint density at radius 3 is 2.28 bits per heavy atom. The molecule has 0 aromatic heterocycles. The van der Waals surface area contributed by atoms with Crippen LogP contribution in [0.15, 0.2) is 36.4 Å². The van der Waals surface area contributed by atoms with Crippen LogP contribution in [0.25, 0.3) is 0 Å². The van der Waals surface area contributed by atoms with Gasteiger partial charge in [-0.2, -0.15) is 0 Å². The number of anilines is 1. The molecule has 0 spiro atoms. The Morgan fingerprint density at radius 2 is 1.61 bits per heavy atom. The molecule has 0 amide bonds. The van der Waals surface area contributed by atoms with E-state index < -0.39 is 0 Å². The van der Waals surface area contributed by atoms with E-state index in [9.17, 15) is 0 Å². The molecule has 94 valence electrons. The second kappa shape index (κ2) is 5.70. The third-order valence-electron chi connectivity index (χ3n) is 2.39. The van der Waals surface area contributed by atoms with Gasteiger partial charge in [-0.3, -0.25) is 0 Å². The largest absolute Gasteiger partial charge is 0.487 e. The molecular weight excluding hydrogens is 293 g/mol. The van der Waals surface area contributed by atoms with Gasteiger partial charge in [0.15, 0.2) is 0 Å². The van der Waals surface area contributed by atoms with Gasteiger partial charge in [0.1, 0.15) is 12.4 Å². The van der Waals surface area contributed by atoms with Crippen molar-refractivity contribution in [3.63, 3.8) is 0 Å². The summed E-state index contributed by atoms with van der Waals surface area (Å²) in [6, 6.07) is 10.3. The molecule has 0 atom stereocenters. The maximum Gasteiger partial charge on any atom is 0.138 e. The molecule has 2 rings (SSSR count). The van der Waals surface area contributed by atoms with Crippen LogP contribution in [0.1, 0.15) is 5.56 Å². The molecule has 0 unspecified atom stereocenters. The highest BCUT2D eigenvalue weighted by Crippen LogP contribution is 2.29. The van der Waals surface area contributed by atoms with Gasteiger partial charge in [0.2, 0.25) is 0 Å². The number of nitrogens with two attached hydrogens (primary N) is 1. The van der Waals surface area contributed by atoms with E-state index in [4.69, 9.17) is 45.3 Å². The summed E-state index contributed by atoms with van der Waals surface area (Å²) in [6.07, 6.45) is 0. The van der Waals surface area contributed by atoms with Crippen LogP contribution in [0.3, 0.4) is 0 Å². The molecule has 0 radical (unpaired) electrons. The van der Waals surface area contributed by atoms with Crippen molar-refractivity contribution in [1.29, 1.82) is 0 Å². The highest BCUT2D eigenvalue weighted by molar-refractivity contribution is 6.35. The summed E-state index contributed by atoms with van der Waals surface area (Å²) in [5.41, 5.74) is 7.27. The van der Waals surface area contributed by atoms with Crippen LogP contribution in [-0.2, 0) is 6.61 Å². The molecule has 18 heavy (non-hydrogen) atoms. The highest BCUT2D eigenvalue weighted by atomic mass is 35.5. The summed E-state index contributed by atoms with van der Waals surface area (Å²) in [6.45, 7) is 0.324. The molecule has 0 aliphatic carbocycles. The van der Waals surface area contributed by atoms with Crippen molar-refractivity contribution in [3.8, 4) is 5.75 Å². The highest BCUT2D eigenvalue weighted by Gasteiger charge is 2.05. The van der Waals surface area contributed by atoms with Crippen molar-refractivity contribution in [1.82, 2.24) is 0 Å². The molecule has 0 bridgehead atoms. The Kier molecular flexibility index (Phi) is 4.23. The molecule has 2 N–H and O–H groups in total. The van der Waals surface area contributed by atoms with Crippen LogP contribution in [-0.4, -0.2) is 0 Å². The summed E-state index contributed by atoms with van der Waals surface area (Å²) in [4.78, 5) is 0. The number of hydrogen-bond acceptors (Lipinski definition) is 2. The Bertz CT molecular complexity index is 521. The van der Waals surface area contributed by atoms with Gasteiger partial charge in [0, 0.05) is 21.3 Å². The molecule has 2 nitrogen and oxygen atoms in total. The molecule has 5 heteroatoms. The number of nitrogen functional groups attached to an aromatic ring is 1. The van der Waals surface area contributed by atoms with Crippen LogP contribution in [0.5, 0.6) is 5.75 Å². The zero-order chi connectivity index (χ0) is 13.1. The molecule has 0 aliphatic rings. The monoisotopic (exact) mass is 301 g/mol. The SMILES string of the molecule is Nc1cc(Cl)ccc1COc1ccc(Cl)cc1Cl. The molecule has 0 heterocycles. The van der Waals surface area contributed by atoms with Gasteiger partial charge in [-0.15, -0.1) is 0 Å². The summed E-state index contributed by atoms with van der Waals surface area (Å²) in [5.74, 6) is 0.565. The van der Waals surface area contributed by atoms with Crippen LogP contribution in [0.2, 0.25) is 15.1 Å². The van der Waals surface area contributed by atoms with E-state index in [0.717, 1.165) is 5.56 Å². The Labute approximate surface area is 120 Å². The van der Waals surface area contributed by atoms with Crippen LogP contribution in [0, 0.1) is 0 Å². The van der Waals surface area contributed by atoms with Gasteiger partial charge >= 0.3 is 0 Å². The van der Waals surface area contributed by atoms with Crippen LogP contribution >= 0.6 is 34.8 Å². The summed E-state index contributed by atoms with van der Waals surface area (Å²) in [5, 5.41) is 1.63. The first kappa shape index (κ1) is 13.3. The first-order chi connectivity index (χ1) is 8.56. The van der Waals surface area contributed by atoms with E-state index in [0.29, 0.717) is 33.1 Å². The maximum absolute atomic E-state index is 6.00. The van der Waals surface area contributed by atoms with Crippen molar-refractivity contribution in [2.24, 2.45) is 0 Å². The number of ether oxygens (including phenoxy) is 1. The van der Waals surface area contributed by atoms with E-state index in [1.165, 1.54) is 0 Å². The van der Waals surface area contributed by atoms with Gasteiger partial charge in [0.05, 0.1) is 5.02 Å². The fourth-order valence-electron chi connectivity index (χ4n) is 1.45. The fraction of sp³-hybridized carbons (Fsp3) is 0.0769. The van der Waals surface area contributed by atoms with E-state index in [1.807, 2.05) is 6.07 Å². The predicted octanol–water partition coefficient (Wildman–Crippen LogP) is 4.81. The number of rotatable bonds is 3. The van der Waals surface area contributed by atoms with Crippen LogP contribution in [0.4, 0.5) is 5.69 Å². The summed E-state index contributed by atoms with van der Waals surface area (Å²) in [7, 11) is 0. The standard InChI is InChI=1S/C13H10Cl3NO/c14-9-3-4-13(11(16)5-9)18-7-8-1-2-10(15)6-12(8)17/h1-6H,7,17H2. The van der Waals surface area contributed by atoms with Crippen LogP contribution < -0.4 is 10.5 Å². The normalized spacial score (nSPS) is 10.4. The van der Waals surface area contributed by atoms with Gasteiger partial charge in [0.25, 0.3) is 0 Å². The lowest BCUT2D eigenvalue weighted by atomic mass is 10.2. The first-order valence-corrected chi connectivity index (χ1v) is 6.31. The molecule has 0 saturated carbocycles. The molecular formula is C13H10Cl3NO. The van der Waals surface area contributed by atoms with E-state index in [-0.39, 0.29) is 0 Å². The Hall–Kier alpha value is -1.09. The van der Waals surface area contributed by atoms with Crippen molar-refractivity contribution < 1.29 is 4.74 Å². The topological polar surface area (TPSA) is 35.2 Å². The van der Waals surface area contributed by atoms with Gasteiger partial charge in [-0.05, 0) is 30.3 Å². The van der Waals surface area contributed by atoms with Gasteiger partial charge in [-0.25, -0.2) is 0 Å². The third-order valence-corrected chi connectivity index (χ3v) is 3.15. The molecule has 0 saturated heterocycles. The minimum Gasteiger partial charge on any atom is -0.487 e. The van der Waals surface area contributed by atoms with Crippen molar-refractivity contribution >= 4 is 40.5 Å². The van der Waals surface area contributed by atoms with Crippen molar-refractivity contribution in [2.45, 2.75) is 6.61 Å². The summed E-state index contributed by atoms with van der Waals surface area (Å²) >= 11 is 17.6. The molecule has 2 aromatic rings. The predicted molar refractivity (Wildman–Crippen MR) is 76.7 cm³/mol. The Morgan fingerprint density at radius 1 is 0.944 bits per heavy atom. The van der Waals surface area contributed by atoms with E-state index in [1.54, 1.807) is 30.3 Å². The van der Waals surface area contributed by atoms with E-state index in [2.05, 4.69) is 0 Å². The zero-order valence-electron chi connectivity index (χ0n) is 9.29. The molecule has 0 fully saturated rings. The smallest absolute Gasteiger partial charge is 0.138 e. The lowest BCUT2D eigenvalue weighted by Crippen LogP contribution is -2.00. The average Bonchev–Trinajstić information content (AvgIpc) is 2.30. The molecule has 2 aromatic carbocycles. The maximum atomic E-state index is 6.00. The fourth-order valence-corrected chi connectivity index (χ4v) is 2.09. The van der Waals surface area contributed by atoms with Crippen molar-refractivity contribution in [3.05, 3.63) is 57.0 Å². The zero-order valence-corrected chi connectivity index (χ0v) is 11.6. The van der Waals surface area contributed by atoms with E-state index >= 15 is 0 Å². The lowest BCUT2D eigenvalue weighted by Gasteiger charge is -2.10. The van der Waals surface area contributed by atoms with Crippen molar-refractivity contribution in [2.75, 3.05) is 5.73 Å². The number of hydrogen-bond donors (Lipinski definition) is 1. The second-order valence-corrected chi connectivity index (χ2v) is 4.99. The lowest BCUT2D eigenvalue weighted by molar-refractivity contribution is 0.307. The number of benzene rings is 2. The third kappa shape index (κ3) is 3.22. The summed E-state index contributed by atoms with van der Waals surface area (Å²) < 4.78 is 5.58. The quantitative estimate of drug-likeness (QED) is 0.826. The molecule has 0 aliphatic heterocycles. The second-order valence-electron chi connectivity index (χ2n) is 3.71. The van der Waals surface area contributed by atoms with Gasteiger partial charge in [-0.1, -0.05) is 40.9 Å². The minimum absolute atomic E-state index is 0.324. The average molecular weight is 303 g/mol. The number of halogens is 3. The first-order valence-electron chi connectivity index (χ1n) is 5.18. The minimum atomic E-state index is 0.324. The van der Waals surface area contributed by atoms with Gasteiger partial charge < -0.3 is 10.5 Å². The Balaban J connectivity index is 2.11.